The third-order valence-corrected chi connectivity index (χ3v) is 5.02. The van der Waals surface area contributed by atoms with Crippen molar-refractivity contribution in [3.63, 3.8) is 0 Å². The Morgan fingerprint density at radius 2 is 1.80 bits per heavy atom. The highest BCUT2D eigenvalue weighted by atomic mass is 16.5. The molecule has 5 rings (SSSR count). The Bertz CT molecular complexity index is 987. The first-order chi connectivity index (χ1) is 11.9. The van der Waals surface area contributed by atoms with Crippen LogP contribution < -0.4 is 5.32 Å². The van der Waals surface area contributed by atoms with Gasteiger partial charge in [-0.15, -0.1) is 0 Å². The van der Waals surface area contributed by atoms with Crippen LogP contribution in [-0.2, 0) is 29.4 Å². The number of hydrogen-bond donors (Lipinski definition) is 2. The molecule has 2 aromatic rings. The number of methoxy groups -OCH3 is 2. The Labute approximate surface area is 143 Å². The number of fused-ring (bicyclic) bond motifs is 2. The maximum absolute atomic E-state index is 12.7. The highest BCUT2D eigenvalue weighted by molar-refractivity contribution is 6.14. The van der Waals surface area contributed by atoms with Gasteiger partial charge in [0, 0.05) is 16.5 Å². The first-order valence-corrected chi connectivity index (χ1v) is 7.78. The maximum atomic E-state index is 12.7. The van der Waals surface area contributed by atoms with Gasteiger partial charge in [-0.25, -0.2) is 9.59 Å². The molecule has 128 valence electrons. The van der Waals surface area contributed by atoms with E-state index in [1.807, 2.05) is 24.3 Å². The molecular formula is C18H16N2O5. The second-order valence-corrected chi connectivity index (χ2v) is 6.28. The van der Waals surface area contributed by atoms with Crippen molar-refractivity contribution in [1.82, 2.24) is 10.3 Å². The molecule has 0 radical (unpaired) electrons. The molecule has 2 aliphatic heterocycles. The fourth-order valence-electron chi connectivity index (χ4n) is 3.99. The number of H-pyrrole nitrogens is 1. The highest BCUT2D eigenvalue weighted by Gasteiger charge is 2.57. The van der Waals surface area contributed by atoms with Crippen molar-refractivity contribution in [3.05, 3.63) is 46.7 Å². The summed E-state index contributed by atoms with van der Waals surface area (Å²) < 4.78 is 9.76. The van der Waals surface area contributed by atoms with E-state index < -0.39 is 23.4 Å². The second kappa shape index (κ2) is 4.95. The van der Waals surface area contributed by atoms with Crippen molar-refractivity contribution in [3.8, 4) is 0 Å². The Kier molecular flexibility index (Phi) is 3.06. The summed E-state index contributed by atoms with van der Waals surface area (Å²) in [5.41, 5.74) is 1.16. The minimum atomic E-state index is -1.20. The number of aromatic nitrogens is 1. The lowest BCUT2D eigenvalue weighted by Crippen LogP contribution is -2.58. The average Bonchev–Trinajstić information content (AvgIpc) is 3.00. The molecule has 7 heteroatoms. The summed E-state index contributed by atoms with van der Waals surface area (Å²) in [5, 5.41) is 3.69. The molecule has 3 aliphatic rings. The first-order valence-electron chi connectivity index (χ1n) is 7.78. The molecule has 0 saturated carbocycles. The second-order valence-electron chi connectivity index (χ2n) is 6.28. The van der Waals surface area contributed by atoms with E-state index in [-0.39, 0.29) is 17.1 Å². The van der Waals surface area contributed by atoms with Gasteiger partial charge in [-0.1, -0.05) is 18.2 Å². The van der Waals surface area contributed by atoms with Gasteiger partial charge in [-0.2, -0.15) is 0 Å². The van der Waals surface area contributed by atoms with Crippen LogP contribution in [0.2, 0.25) is 0 Å². The first kappa shape index (κ1) is 15.4. The van der Waals surface area contributed by atoms with Crippen molar-refractivity contribution in [2.45, 2.75) is 18.4 Å². The Morgan fingerprint density at radius 3 is 2.48 bits per heavy atom. The molecule has 0 spiro atoms. The molecule has 2 atom stereocenters. The van der Waals surface area contributed by atoms with Crippen molar-refractivity contribution in [2.75, 3.05) is 14.2 Å². The maximum Gasteiger partial charge on any atom is 0.337 e. The Balaban J connectivity index is 2.12. The number of carbonyl (C=O) groups is 3. The average molecular weight is 340 g/mol. The molecule has 2 N–H and O–H groups in total. The summed E-state index contributed by atoms with van der Waals surface area (Å²) in [7, 11) is 2.46. The van der Waals surface area contributed by atoms with Crippen LogP contribution in [0.4, 0.5) is 0 Å². The Morgan fingerprint density at radius 1 is 1.12 bits per heavy atom. The fourth-order valence-corrected chi connectivity index (χ4v) is 3.99. The molecule has 7 nitrogen and oxygen atoms in total. The zero-order chi connectivity index (χ0) is 17.9. The number of aromatic amines is 1. The summed E-state index contributed by atoms with van der Waals surface area (Å²) in [6.07, 6.45) is 0. The number of carbonyl (C=O) groups excluding carboxylic acids is 3. The van der Waals surface area contributed by atoms with Crippen molar-refractivity contribution in [1.29, 1.82) is 0 Å². The van der Waals surface area contributed by atoms with Crippen LogP contribution in [0.15, 0.2) is 35.4 Å². The summed E-state index contributed by atoms with van der Waals surface area (Å²) in [6.45, 7) is 1.68. The lowest BCUT2D eigenvalue weighted by atomic mass is 9.67. The molecule has 2 bridgehead atoms. The van der Waals surface area contributed by atoms with E-state index >= 15 is 0 Å². The fraction of sp³-hybridized carbons (Fsp3) is 0.278. The number of benzene rings is 1. The number of rotatable bonds is 2. The number of ether oxygens (including phenoxy) is 2. The highest BCUT2D eigenvalue weighted by Crippen LogP contribution is 2.52. The lowest BCUT2D eigenvalue weighted by molar-refractivity contribution is -0.142. The largest absolute Gasteiger partial charge is 0.466 e. The van der Waals surface area contributed by atoms with Gasteiger partial charge in [0.15, 0.2) is 0 Å². The van der Waals surface area contributed by atoms with Gasteiger partial charge in [-0.3, -0.25) is 4.79 Å². The molecule has 1 aliphatic carbocycles. The quantitative estimate of drug-likeness (QED) is 0.802. The SMILES string of the molecule is COC(=O)C1=C(C(=O)OC)C2(C)NC(=O)C1c1c2[nH]c2ccccc12. The van der Waals surface area contributed by atoms with Crippen molar-refractivity contribution >= 4 is 28.7 Å². The zero-order valence-corrected chi connectivity index (χ0v) is 13.9. The van der Waals surface area contributed by atoms with Gasteiger partial charge in [0.05, 0.1) is 37.0 Å². The van der Waals surface area contributed by atoms with Gasteiger partial charge in [0.2, 0.25) is 5.91 Å². The summed E-state index contributed by atoms with van der Waals surface area (Å²) in [5.74, 6) is -2.64. The van der Waals surface area contributed by atoms with E-state index in [1.165, 1.54) is 14.2 Å². The van der Waals surface area contributed by atoms with E-state index in [0.29, 0.717) is 11.3 Å². The smallest absolute Gasteiger partial charge is 0.337 e. The number of nitrogens with one attached hydrogen (secondary N) is 2. The topological polar surface area (TPSA) is 97.5 Å². The molecule has 0 saturated heterocycles. The third kappa shape index (κ3) is 1.77. The molecule has 3 heterocycles. The predicted octanol–water partition coefficient (Wildman–Crippen LogP) is 1.25. The van der Waals surface area contributed by atoms with Gasteiger partial charge < -0.3 is 19.8 Å². The molecule has 25 heavy (non-hydrogen) atoms. The van der Waals surface area contributed by atoms with E-state index in [1.54, 1.807) is 6.92 Å². The van der Waals surface area contributed by atoms with E-state index in [2.05, 4.69) is 10.3 Å². The minimum Gasteiger partial charge on any atom is -0.466 e. The standard InChI is InChI=1S/C18H16N2O5/c1-18-13(17(23)25-3)12(16(22)24-2)11(15(21)20-18)10-8-6-4-5-7-9(8)19-14(10)18/h4-7,11,19H,1-3H3,(H,20,21). The Hall–Kier alpha value is -3.09. The van der Waals surface area contributed by atoms with E-state index in [0.717, 1.165) is 10.9 Å². The summed E-state index contributed by atoms with van der Waals surface area (Å²) in [4.78, 5) is 41.0. The molecule has 1 amide bonds. The number of para-hydroxylation sites is 1. The number of amides is 1. The van der Waals surface area contributed by atoms with Crippen LogP contribution in [0, 0.1) is 0 Å². The van der Waals surface area contributed by atoms with Crippen LogP contribution in [0.1, 0.15) is 24.1 Å². The number of hydrogen-bond acceptors (Lipinski definition) is 5. The molecule has 1 aromatic carbocycles. The van der Waals surface area contributed by atoms with E-state index in [9.17, 15) is 14.4 Å². The summed E-state index contributed by atoms with van der Waals surface area (Å²) in [6, 6.07) is 7.51. The predicted molar refractivity (Wildman–Crippen MR) is 87.6 cm³/mol. The van der Waals surface area contributed by atoms with Crippen molar-refractivity contribution < 1.29 is 23.9 Å². The van der Waals surface area contributed by atoms with Gasteiger partial charge in [-0.05, 0) is 13.0 Å². The molecule has 0 fully saturated rings. The van der Waals surface area contributed by atoms with Crippen LogP contribution in [-0.4, -0.2) is 37.0 Å². The molecule has 1 aromatic heterocycles. The van der Waals surface area contributed by atoms with Crippen molar-refractivity contribution in [2.24, 2.45) is 0 Å². The molecule has 2 unspecified atom stereocenters. The van der Waals surface area contributed by atoms with Gasteiger partial charge in [0.1, 0.15) is 5.54 Å². The summed E-state index contributed by atoms with van der Waals surface area (Å²) >= 11 is 0. The normalized spacial score (nSPS) is 24.1. The molecular weight excluding hydrogens is 324 g/mol. The van der Waals surface area contributed by atoms with Gasteiger partial charge in [0.25, 0.3) is 0 Å². The number of esters is 2. The van der Waals surface area contributed by atoms with Crippen LogP contribution in [0.3, 0.4) is 0 Å². The zero-order valence-electron chi connectivity index (χ0n) is 13.9. The van der Waals surface area contributed by atoms with Gasteiger partial charge >= 0.3 is 11.9 Å². The van der Waals surface area contributed by atoms with E-state index in [4.69, 9.17) is 9.47 Å². The van der Waals surface area contributed by atoms with Crippen LogP contribution >= 0.6 is 0 Å². The minimum absolute atomic E-state index is 0.0397. The monoisotopic (exact) mass is 340 g/mol. The van der Waals surface area contributed by atoms with Crippen LogP contribution in [0.5, 0.6) is 0 Å². The lowest BCUT2D eigenvalue weighted by Gasteiger charge is -2.45. The van der Waals surface area contributed by atoms with Crippen LogP contribution in [0.25, 0.3) is 10.9 Å². The third-order valence-electron chi connectivity index (χ3n) is 5.02.